The summed E-state index contributed by atoms with van der Waals surface area (Å²) >= 11 is 0. The fourth-order valence-electron chi connectivity index (χ4n) is 2.50. The van der Waals surface area contributed by atoms with Crippen molar-refractivity contribution in [2.45, 2.75) is 13.5 Å². The molecule has 3 aromatic rings. The Labute approximate surface area is 151 Å². The van der Waals surface area contributed by atoms with E-state index < -0.39 is 5.82 Å². The van der Waals surface area contributed by atoms with Crippen molar-refractivity contribution in [3.05, 3.63) is 90.0 Å². The minimum Gasteiger partial charge on any atom is -0.484 e. The molecule has 0 bridgehead atoms. The molecule has 0 unspecified atom stereocenters. The van der Waals surface area contributed by atoms with Gasteiger partial charge < -0.3 is 9.64 Å². The van der Waals surface area contributed by atoms with E-state index in [1.54, 1.807) is 30.6 Å². The van der Waals surface area contributed by atoms with Gasteiger partial charge in [-0.3, -0.25) is 9.78 Å². The quantitative estimate of drug-likeness (QED) is 0.671. The zero-order valence-corrected chi connectivity index (χ0v) is 14.4. The second-order valence-corrected chi connectivity index (χ2v) is 5.92. The van der Waals surface area contributed by atoms with Crippen molar-refractivity contribution in [1.29, 1.82) is 0 Å². The topological polar surface area (TPSA) is 42.4 Å². The number of hydrogen-bond acceptors (Lipinski definition) is 3. The van der Waals surface area contributed by atoms with Crippen molar-refractivity contribution in [3.8, 4) is 5.75 Å². The zero-order chi connectivity index (χ0) is 18.4. The van der Waals surface area contributed by atoms with Crippen LogP contribution in [0.4, 0.5) is 10.1 Å². The molecule has 4 nitrogen and oxygen atoms in total. The molecule has 0 aliphatic carbocycles. The number of aromatic nitrogens is 1. The molecule has 0 radical (unpaired) electrons. The van der Waals surface area contributed by atoms with Crippen molar-refractivity contribution in [2.24, 2.45) is 0 Å². The maximum Gasteiger partial charge on any atom is 0.265 e. The number of anilines is 1. The molecule has 0 saturated carbocycles. The molecular formula is C21H19FN2O2. The first-order valence-electron chi connectivity index (χ1n) is 8.26. The average Bonchev–Trinajstić information content (AvgIpc) is 2.66. The second kappa shape index (κ2) is 8.25. The molecule has 26 heavy (non-hydrogen) atoms. The van der Waals surface area contributed by atoms with Crippen molar-refractivity contribution in [1.82, 2.24) is 4.98 Å². The molecule has 1 amide bonds. The summed E-state index contributed by atoms with van der Waals surface area (Å²) in [6, 6.07) is 17.1. The highest BCUT2D eigenvalue weighted by molar-refractivity contribution is 5.94. The number of nitrogens with zero attached hydrogens (tertiary/aromatic N) is 2. The summed E-state index contributed by atoms with van der Waals surface area (Å²) in [6.45, 7) is 2.13. The van der Waals surface area contributed by atoms with Gasteiger partial charge in [0, 0.05) is 18.1 Å². The number of amides is 1. The van der Waals surface area contributed by atoms with Gasteiger partial charge in [-0.15, -0.1) is 0 Å². The molecule has 132 valence electrons. The Morgan fingerprint density at radius 3 is 2.62 bits per heavy atom. The monoisotopic (exact) mass is 350 g/mol. The van der Waals surface area contributed by atoms with Crippen LogP contribution in [0.3, 0.4) is 0 Å². The van der Waals surface area contributed by atoms with Crippen LogP contribution in [0, 0.1) is 12.7 Å². The Balaban J connectivity index is 1.77. The zero-order valence-electron chi connectivity index (χ0n) is 14.4. The van der Waals surface area contributed by atoms with Gasteiger partial charge in [0.25, 0.3) is 5.91 Å². The molecule has 2 aromatic carbocycles. The smallest absolute Gasteiger partial charge is 0.265 e. The van der Waals surface area contributed by atoms with Crippen molar-refractivity contribution < 1.29 is 13.9 Å². The largest absolute Gasteiger partial charge is 0.484 e. The number of carbonyl (C=O) groups excluding carboxylic acids is 1. The lowest BCUT2D eigenvalue weighted by atomic mass is 10.2. The maximum absolute atomic E-state index is 13.6. The number of carbonyl (C=O) groups is 1. The van der Waals surface area contributed by atoms with Crippen LogP contribution in [0.1, 0.15) is 11.1 Å². The molecular weight excluding hydrogens is 331 g/mol. The van der Waals surface area contributed by atoms with Crippen LogP contribution in [-0.4, -0.2) is 17.5 Å². The molecule has 0 saturated heterocycles. The number of pyridine rings is 1. The van der Waals surface area contributed by atoms with Crippen LogP contribution in [0.25, 0.3) is 0 Å². The van der Waals surface area contributed by atoms with Crippen LogP contribution in [0.15, 0.2) is 73.1 Å². The van der Waals surface area contributed by atoms with Gasteiger partial charge in [-0.25, -0.2) is 4.39 Å². The first kappa shape index (κ1) is 17.6. The average molecular weight is 350 g/mol. The lowest BCUT2D eigenvalue weighted by Crippen LogP contribution is -2.34. The molecule has 0 spiro atoms. The van der Waals surface area contributed by atoms with E-state index in [9.17, 15) is 9.18 Å². The Morgan fingerprint density at radius 2 is 1.92 bits per heavy atom. The SMILES string of the molecule is Cc1ccc(OCC(=O)N(Cc2cccnc2)c2cccc(F)c2)cc1. The molecule has 0 atom stereocenters. The van der Waals surface area contributed by atoms with E-state index >= 15 is 0 Å². The lowest BCUT2D eigenvalue weighted by Gasteiger charge is -2.23. The molecule has 1 aromatic heterocycles. The molecule has 5 heteroatoms. The number of rotatable bonds is 6. The summed E-state index contributed by atoms with van der Waals surface area (Å²) < 4.78 is 19.2. The van der Waals surface area contributed by atoms with E-state index in [0.29, 0.717) is 11.4 Å². The highest BCUT2D eigenvalue weighted by Crippen LogP contribution is 2.19. The van der Waals surface area contributed by atoms with Gasteiger partial charge in [-0.1, -0.05) is 29.8 Å². The lowest BCUT2D eigenvalue weighted by molar-refractivity contribution is -0.120. The Bertz CT molecular complexity index is 867. The van der Waals surface area contributed by atoms with Gasteiger partial charge in [0.15, 0.2) is 6.61 Å². The normalized spacial score (nSPS) is 10.4. The van der Waals surface area contributed by atoms with Crippen LogP contribution >= 0.6 is 0 Å². The first-order valence-corrected chi connectivity index (χ1v) is 8.26. The maximum atomic E-state index is 13.6. The van der Waals surface area contributed by atoms with Crippen LogP contribution < -0.4 is 9.64 Å². The van der Waals surface area contributed by atoms with E-state index in [2.05, 4.69) is 4.98 Å². The third kappa shape index (κ3) is 4.66. The van der Waals surface area contributed by atoms with E-state index in [1.165, 1.54) is 17.0 Å². The third-order valence-corrected chi connectivity index (χ3v) is 3.87. The molecule has 0 aliphatic heterocycles. The number of benzene rings is 2. The molecule has 3 rings (SSSR count). The summed E-state index contributed by atoms with van der Waals surface area (Å²) in [5.74, 6) is -0.0458. The van der Waals surface area contributed by atoms with E-state index in [1.807, 2.05) is 37.3 Å². The highest BCUT2D eigenvalue weighted by Gasteiger charge is 2.18. The van der Waals surface area contributed by atoms with Crippen LogP contribution in [0.5, 0.6) is 5.75 Å². The fourth-order valence-corrected chi connectivity index (χ4v) is 2.50. The number of halogens is 1. The van der Waals surface area contributed by atoms with Crippen molar-refractivity contribution in [2.75, 3.05) is 11.5 Å². The van der Waals surface area contributed by atoms with Crippen LogP contribution in [0.2, 0.25) is 0 Å². The highest BCUT2D eigenvalue weighted by atomic mass is 19.1. The summed E-state index contributed by atoms with van der Waals surface area (Å²) in [5, 5.41) is 0. The van der Waals surface area contributed by atoms with E-state index in [-0.39, 0.29) is 19.1 Å². The van der Waals surface area contributed by atoms with Gasteiger partial charge in [0.2, 0.25) is 0 Å². The number of aryl methyl sites for hydroxylation is 1. The molecule has 0 N–H and O–H groups in total. The van der Waals surface area contributed by atoms with Crippen molar-refractivity contribution >= 4 is 11.6 Å². The first-order chi connectivity index (χ1) is 12.6. The summed E-state index contributed by atoms with van der Waals surface area (Å²) in [7, 11) is 0. The summed E-state index contributed by atoms with van der Waals surface area (Å²) in [4.78, 5) is 18.3. The number of hydrogen-bond donors (Lipinski definition) is 0. The summed E-state index contributed by atoms with van der Waals surface area (Å²) in [6.07, 6.45) is 3.35. The summed E-state index contributed by atoms with van der Waals surface area (Å²) in [5.41, 5.74) is 2.44. The molecule has 1 heterocycles. The van der Waals surface area contributed by atoms with Gasteiger partial charge in [0.1, 0.15) is 11.6 Å². The minimum atomic E-state index is -0.397. The Hall–Kier alpha value is -3.21. The predicted molar refractivity (Wildman–Crippen MR) is 98.5 cm³/mol. The van der Waals surface area contributed by atoms with Gasteiger partial charge in [-0.2, -0.15) is 0 Å². The number of ether oxygens (including phenoxy) is 1. The predicted octanol–water partition coefficient (Wildman–Crippen LogP) is 4.14. The Kier molecular flexibility index (Phi) is 5.59. The van der Waals surface area contributed by atoms with E-state index in [0.717, 1.165) is 11.1 Å². The third-order valence-electron chi connectivity index (χ3n) is 3.87. The van der Waals surface area contributed by atoms with E-state index in [4.69, 9.17) is 4.74 Å². The van der Waals surface area contributed by atoms with Gasteiger partial charge >= 0.3 is 0 Å². The second-order valence-electron chi connectivity index (χ2n) is 5.92. The van der Waals surface area contributed by atoms with Crippen molar-refractivity contribution in [3.63, 3.8) is 0 Å². The fraction of sp³-hybridized carbons (Fsp3) is 0.143. The molecule has 0 aliphatic rings. The van der Waals surface area contributed by atoms with Gasteiger partial charge in [-0.05, 0) is 48.9 Å². The minimum absolute atomic E-state index is 0.139. The molecule has 0 fully saturated rings. The standard InChI is InChI=1S/C21H19FN2O2/c1-16-7-9-20(10-8-16)26-15-21(25)24(14-17-4-3-11-23-13-17)19-6-2-5-18(22)12-19/h2-13H,14-15H2,1H3. The van der Waals surface area contributed by atoms with Gasteiger partial charge in [0.05, 0.1) is 6.54 Å². The Morgan fingerprint density at radius 1 is 1.12 bits per heavy atom. The van der Waals surface area contributed by atoms with Crippen LogP contribution in [-0.2, 0) is 11.3 Å².